The number of hydrogen-bond donors (Lipinski definition) is 5. The summed E-state index contributed by atoms with van der Waals surface area (Å²) in [6.07, 6.45) is 6.86. The number of hydrogen-bond acceptors (Lipinski definition) is 12. The molecule has 0 aliphatic heterocycles. The van der Waals surface area contributed by atoms with Crippen LogP contribution in [0.5, 0.6) is 11.5 Å². The number of carbonyl (C=O) groups excluding carboxylic acids is 3. The third kappa shape index (κ3) is 12.3. The Kier molecular flexibility index (Phi) is 15.8. The minimum absolute atomic E-state index is 0.125. The van der Waals surface area contributed by atoms with Gasteiger partial charge in [-0.25, -0.2) is 4.79 Å². The smallest absolute Gasteiger partial charge is 0.407 e. The molecule has 0 saturated carbocycles. The summed E-state index contributed by atoms with van der Waals surface area (Å²) in [5.74, 6) is -0.459. The standard InChI is InChI=1S/C34H49N9O6/c1-34(2,3)49-33(46)41-13-9-12-16-48-28-20-24(32(36)45)18-26(40-7)30(28)43(22-38-5)15-11-10-14-42(21-37-4)29-25(39-6)17-23(31(35)44)19-27(29)47-8/h9-12,17-20,37-38H,6-7,13-16,21-22H2,1-5,8H3,(H2,35,44)(H2,36,45)(H,41,46)/b11-10+,12-9+. The van der Waals surface area contributed by atoms with E-state index >= 15 is 0 Å². The molecule has 0 aromatic heterocycles. The summed E-state index contributed by atoms with van der Waals surface area (Å²) in [7, 11) is 5.12. The molecule has 0 aliphatic carbocycles. The molecule has 2 aromatic carbocycles. The van der Waals surface area contributed by atoms with Crippen molar-refractivity contribution < 1.29 is 28.6 Å². The normalized spacial score (nSPS) is 11.3. The van der Waals surface area contributed by atoms with Crippen LogP contribution in [0, 0.1) is 0 Å². The molecule has 0 radical (unpaired) electrons. The number of nitrogens with two attached hydrogens (primary N) is 2. The molecule has 15 nitrogen and oxygen atoms in total. The number of nitrogens with one attached hydrogen (secondary N) is 3. The minimum Gasteiger partial charge on any atom is -0.494 e. The highest BCUT2D eigenvalue weighted by molar-refractivity contribution is 5.97. The zero-order valence-corrected chi connectivity index (χ0v) is 29.2. The zero-order chi connectivity index (χ0) is 36.6. The van der Waals surface area contributed by atoms with Crippen LogP contribution in [0.15, 0.2) is 58.6 Å². The van der Waals surface area contributed by atoms with Gasteiger partial charge >= 0.3 is 6.09 Å². The van der Waals surface area contributed by atoms with Gasteiger partial charge in [0.05, 0.1) is 31.8 Å². The van der Waals surface area contributed by atoms with Crippen LogP contribution in [0.25, 0.3) is 0 Å². The maximum atomic E-state index is 12.1. The molecule has 7 N–H and O–H groups in total. The van der Waals surface area contributed by atoms with Crippen LogP contribution < -0.4 is 46.7 Å². The van der Waals surface area contributed by atoms with Crippen molar-refractivity contribution in [3.63, 3.8) is 0 Å². The third-order valence-electron chi connectivity index (χ3n) is 6.65. The molecule has 15 heteroatoms. The van der Waals surface area contributed by atoms with Gasteiger partial charge in [-0.2, -0.15) is 0 Å². The zero-order valence-electron chi connectivity index (χ0n) is 29.2. The fourth-order valence-corrected chi connectivity index (χ4v) is 4.61. The fourth-order valence-electron chi connectivity index (χ4n) is 4.61. The van der Waals surface area contributed by atoms with Crippen LogP contribution in [0.2, 0.25) is 0 Å². The van der Waals surface area contributed by atoms with Gasteiger partial charge in [0.25, 0.3) is 0 Å². The van der Waals surface area contributed by atoms with Gasteiger partial charge in [0.1, 0.15) is 35.1 Å². The Morgan fingerprint density at radius 3 is 1.73 bits per heavy atom. The lowest BCUT2D eigenvalue weighted by Gasteiger charge is -2.28. The van der Waals surface area contributed by atoms with Gasteiger partial charge in [0.2, 0.25) is 11.8 Å². The molecule has 0 fully saturated rings. The van der Waals surface area contributed by atoms with Crippen molar-refractivity contribution in [2.75, 3.05) is 70.6 Å². The van der Waals surface area contributed by atoms with Crippen molar-refractivity contribution >= 4 is 54.1 Å². The maximum absolute atomic E-state index is 12.1. The molecule has 0 spiro atoms. The summed E-state index contributed by atoms with van der Waals surface area (Å²) >= 11 is 0. The summed E-state index contributed by atoms with van der Waals surface area (Å²) in [5, 5.41) is 8.95. The molecule has 0 heterocycles. The van der Waals surface area contributed by atoms with E-state index in [1.807, 2.05) is 29.0 Å². The van der Waals surface area contributed by atoms with E-state index in [0.717, 1.165) is 0 Å². The topological polar surface area (TPSA) is 198 Å². The Morgan fingerprint density at radius 2 is 1.31 bits per heavy atom. The van der Waals surface area contributed by atoms with Crippen LogP contribution >= 0.6 is 0 Å². The summed E-state index contributed by atoms with van der Waals surface area (Å²) in [4.78, 5) is 48.1. The van der Waals surface area contributed by atoms with Crippen molar-refractivity contribution in [3.05, 3.63) is 59.7 Å². The number of carbonyl (C=O) groups is 3. The van der Waals surface area contributed by atoms with E-state index in [2.05, 4.69) is 39.4 Å². The number of amides is 3. The van der Waals surface area contributed by atoms with Crippen molar-refractivity contribution in [3.8, 4) is 11.5 Å². The molecule has 2 aromatic rings. The molecular formula is C34H49N9O6. The molecule has 0 bridgehead atoms. The largest absolute Gasteiger partial charge is 0.494 e. The number of nitrogens with zero attached hydrogens (tertiary/aromatic N) is 4. The van der Waals surface area contributed by atoms with Crippen LogP contribution in [0.1, 0.15) is 41.5 Å². The SMILES string of the molecule is C=Nc1cc(C(N)=O)cc(OC)c1N(C/C=C/CN(CNC)c1c(N=C)cc(C(N)=O)cc1OC/C=C/CNC(=O)OC(C)(C)C)CNC. The van der Waals surface area contributed by atoms with Gasteiger partial charge in [0.15, 0.2) is 0 Å². The fraction of sp³-hybridized carbons (Fsp3) is 0.382. The van der Waals surface area contributed by atoms with Crippen LogP contribution in [-0.4, -0.2) is 97.7 Å². The highest BCUT2D eigenvalue weighted by Gasteiger charge is 2.21. The number of anilines is 2. The molecule has 0 saturated heterocycles. The van der Waals surface area contributed by atoms with E-state index in [1.165, 1.54) is 7.11 Å². The summed E-state index contributed by atoms with van der Waals surface area (Å²) < 4.78 is 16.9. The van der Waals surface area contributed by atoms with Gasteiger partial charge in [-0.1, -0.05) is 18.2 Å². The van der Waals surface area contributed by atoms with Crippen molar-refractivity contribution in [2.24, 2.45) is 21.5 Å². The summed E-state index contributed by atoms with van der Waals surface area (Å²) in [5.41, 5.74) is 13.1. The van der Waals surface area contributed by atoms with E-state index in [1.54, 1.807) is 64.2 Å². The second-order valence-corrected chi connectivity index (χ2v) is 11.5. The second-order valence-electron chi connectivity index (χ2n) is 11.5. The first kappa shape index (κ1) is 39.8. The minimum atomic E-state index is -0.643. The maximum Gasteiger partial charge on any atom is 0.407 e. The van der Waals surface area contributed by atoms with Gasteiger partial charge in [-0.15, -0.1) is 0 Å². The van der Waals surface area contributed by atoms with Crippen LogP contribution in [0.4, 0.5) is 27.5 Å². The molecule has 49 heavy (non-hydrogen) atoms. The number of rotatable bonds is 20. The van der Waals surface area contributed by atoms with Crippen molar-refractivity contribution in [2.45, 2.75) is 26.4 Å². The number of alkyl carbamates (subject to hydrolysis) is 1. The predicted molar refractivity (Wildman–Crippen MR) is 195 cm³/mol. The number of methoxy groups -OCH3 is 1. The molecule has 0 atom stereocenters. The number of primary amides is 2. The Balaban J connectivity index is 2.34. The molecule has 3 amide bonds. The summed E-state index contributed by atoms with van der Waals surface area (Å²) in [6.45, 7) is 14.7. The van der Waals surface area contributed by atoms with Crippen LogP contribution in [0.3, 0.4) is 0 Å². The Bertz CT molecular complexity index is 1530. The molecule has 0 aliphatic rings. The van der Waals surface area contributed by atoms with Gasteiger partial charge in [0, 0.05) is 30.8 Å². The van der Waals surface area contributed by atoms with E-state index in [9.17, 15) is 14.4 Å². The first-order valence-corrected chi connectivity index (χ1v) is 15.4. The van der Waals surface area contributed by atoms with Crippen molar-refractivity contribution in [1.29, 1.82) is 0 Å². The molecule has 2 rings (SSSR count). The Hall–Kier alpha value is -5.41. The first-order valence-electron chi connectivity index (χ1n) is 15.4. The lowest BCUT2D eigenvalue weighted by atomic mass is 10.1. The third-order valence-corrected chi connectivity index (χ3v) is 6.65. The second kappa shape index (κ2) is 19.4. The van der Waals surface area contributed by atoms with E-state index < -0.39 is 23.5 Å². The Morgan fingerprint density at radius 1 is 0.816 bits per heavy atom. The highest BCUT2D eigenvalue weighted by atomic mass is 16.6. The van der Waals surface area contributed by atoms with Gasteiger partial charge in [-0.3, -0.25) is 19.6 Å². The predicted octanol–water partition coefficient (Wildman–Crippen LogP) is 3.24. The highest BCUT2D eigenvalue weighted by Crippen LogP contribution is 2.40. The number of aliphatic imine (C=N–C) groups is 2. The van der Waals surface area contributed by atoms with Gasteiger partial charge < -0.3 is 51.4 Å². The first-order chi connectivity index (χ1) is 23.3. The van der Waals surface area contributed by atoms with Crippen molar-refractivity contribution in [1.82, 2.24) is 16.0 Å². The average Bonchev–Trinajstić information content (AvgIpc) is 3.05. The molecule has 266 valence electrons. The van der Waals surface area contributed by atoms with Gasteiger partial charge in [-0.05, 0) is 78.6 Å². The van der Waals surface area contributed by atoms with E-state index in [-0.39, 0.29) is 24.3 Å². The monoisotopic (exact) mass is 679 g/mol. The number of ether oxygens (including phenoxy) is 3. The van der Waals surface area contributed by atoms with Crippen LogP contribution in [-0.2, 0) is 4.74 Å². The lowest BCUT2D eigenvalue weighted by molar-refractivity contribution is 0.0533. The average molecular weight is 680 g/mol. The lowest BCUT2D eigenvalue weighted by Crippen LogP contribution is -2.34. The van der Waals surface area contributed by atoms with E-state index in [0.29, 0.717) is 60.7 Å². The molecular weight excluding hydrogens is 630 g/mol. The molecule has 0 unspecified atom stereocenters. The van der Waals surface area contributed by atoms with E-state index in [4.69, 9.17) is 25.7 Å². The summed E-state index contributed by atoms with van der Waals surface area (Å²) in [6, 6.07) is 6.26. The number of benzene rings is 2. The quantitative estimate of drug-likeness (QED) is 0.0787. The Labute approximate surface area is 288 Å².